The van der Waals surface area contributed by atoms with E-state index in [1.54, 1.807) is 0 Å². The van der Waals surface area contributed by atoms with Crippen LogP contribution in [0.3, 0.4) is 0 Å². The Morgan fingerprint density at radius 1 is 0.250 bits per heavy atom. The molecule has 0 unspecified atom stereocenters. The fourth-order valence-corrected chi connectivity index (χ4v) is 10.2. The molecule has 11 rings (SSSR count). The van der Waals surface area contributed by atoms with Crippen molar-refractivity contribution >= 4 is 106 Å². The summed E-state index contributed by atoms with van der Waals surface area (Å²) in [5, 5.41) is 15.7. The first-order valence-electron chi connectivity index (χ1n) is 16.4. The normalized spacial score (nSPS) is 12.2. The molecule has 0 amide bonds. The first kappa shape index (κ1) is 26.5. The molecule has 0 aliphatic heterocycles. The minimum absolute atomic E-state index is 1.25. The lowest BCUT2D eigenvalue weighted by atomic mass is 9.88. The van der Waals surface area contributed by atoms with Crippen molar-refractivity contribution in [3.05, 3.63) is 158 Å². The summed E-state index contributed by atoms with van der Waals surface area (Å²) in [5.41, 5.74) is 5.07. The van der Waals surface area contributed by atoms with Gasteiger partial charge in [0, 0.05) is 40.3 Å². The van der Waals surface area contributed by atoms with Gasteiger partial charge in [-0.2, -0.15) is 0 Å². The molecule has 0 spiro atoms. The van der Waals surface area contributed by atoms with Crippen molar-refractivity contribution < 1.29 is 0 Å². The van der Waals surface area contributed by atoms with Gasteiger partial charge < -0.3 is 0 Å². The Morgan fingerprint density at radius 3 is 1.12 bits per heavy atom. The summed E-state index contributed by atoms with van der Waals surface area (Å²) >= 11 is 3.79. The van der Waals surface area contributed by atoms with Crippen LogP contribution in [0.5, 0.6) is 0 Å². The van der Waals surface area contributed by atoms with E-state index in [1.807, 2.05) is 22.7 Å². The van der Waals surface area contributed by atoms with Gasteiger partial charge in [0.1, 0.15) is 0 Å². The van der Waals surface area contributed by atoms with Crippen LogP contribution in [0.2, 0.25) is 0 Å². The van der Waals surface area contributed by atoms with Crippen LogP contribution >= 0.6 is 22.7 Å². The second-order valence-electron chi connectivity index (χ2n) is 12.9. The van der Waals surface area contributed by atoms with Crippen LogP contribution in [0.4, 0.5) is 0 Å². The number of benzene rings is 9. The second-order valence-corrected chi connectivity index (χ2v) is 15.0. The molecule has 0 saturated carbocycles. The summed E-state index contributed by atoms with van der Waals surface area (Å²) in [6.07, 6.45) is 0. The molecule has 2 aromatic heterocycles. The third-order valence-corrected chi connectivity index (χ3v) is 12.5. The first-order chi connectivity index (χ1) is 23.8. The second kappa shape index (κ2) is 9.98. The Bertz CT molecular complexity index is 2880. The molecule has 11 aromatic rings. The Labute approximate surface area is 284 Å². The van der Waals surface area contributed by atoms with Gasteiger partial charge in [-0.15, -0.1) is 22.7 Å². The van der Waals surface area contributed by atoms with E-state index in [1.165, 1.54) is 106 Å². The van der Waals surface area contributed by atoms with Crippen molar-refractivity contribution in [2.24, 2.45) is 0 Å². The van der Waals surface area contributed by atoms with Crippen LogP contribution in [0.1, 0.15) is 0 Å². The molecule has 2 heterocycles. The quantitative estimate of drug-likeness (QED) is 0.130. The van der Waals surface area contributed by atoms with E-state index in [2.05, 4.69) is 158 Å². The number of rotatable bonds is 2. The highest BCUT2D eigenvalue weighted by atomic mass is 32.1. The van der Waals surface area contributed by atoms with Gasteiger partial charge >= 0.3 is 0 Å². The monoisotopic (exact) mass is 642 g/mol. The van der Waals surface area contributed by atoms with Gasteiger partial charge in [-0.25, -0.2) is 0 Å². The van der Waals surface area contributed by atoms with Crippen molar-refractivity contribution in [2.45, 2.75) is 0 Å². The first-order valence-corrected chi connectivity index (χ1v) is 18.0. The zero-order valence-electron chi connectivity index (χ0n) is 25.8. The van der Waals surface area contributed by atoms with Gasteiger partial charge in [-0.1, -0.05) is 97.1 Å². The smallest absolute Gasteiger partial charge is 0.0362 e. The molecule has 0 aliphatic carbocycles. The Balaban J connectivity index is 1.31. The highest BCUT2D eigenvalue weighted by Gasteiger charge is 2.17. The molecule has 0 atom stereocenters. The zero-order valence-corrected chi connectivity index (χ0v) is 27.5. The number of hydrogen-bond acceptors (Lipinski definition) is 2. The lowest BCUT2D eigenvalue weighted by Crippen LogP contribution is -1.88. The minimum Gasteiger partial charge on any atom is -0.135 e. The van der Waals surface area contributed by atoms with E-state index in [0.29, 0.717) is 0 Å². The molecular weight excluding hydrogens is 617 g/mol. The van der Waals surface area contributed by atoms with Gasteiger partial charge in [0.2, 0.25) is 0 Å². The summed E-state index contributed by atoms with van der Waals surface area (Å²) in [5.74, 6) is 0. The maximum Gasteiger partial charge on any atom is 0.0362 e. The summed E-state index contributed by atoms with van der Waals surface area (Å²) in [6, 6.07) is 59.0. The Morgan fingerprint density at radius 2 is 0.667 bits per heavy atom. The molecule has 9 aromatic carbocycles. The average Bonchev–Trinajstić information content (AvgIpc) is 3.70. The zero-order chi connectivity index (χ0) is 31.3. The Hall–Kier alpha value is -5.54. The van der Waals surface area contributed by atoms with E-state index in [0.717, 1.165) is 0 Å². The summed E-state index contributed by atoms with van der Waals surface area (Å²) in [4.78, 5) is 0. The Kier molecular flexibility index (Phi) is 5.51. The predicted octanol–water partition coefficient (Wildman–Crippen LogP) is 14.4. The van der Waals surface area contributed by atoms with Crippen LogP contribution in [0.15, 0.2) is 158 Å². The van der Waals surface area contributed by atoms with Gasteiger partial charge in [0.25, 0.3) is 0 Å². The molecule has 0 radical (unpaired) electrons. The molecule has 2 heteroatoms. The molecule has 0 nitrogen and oxygen atoms in total. The molecule has 0 saturated heterocycles. The molecule has 222 valence electrons. The molecule has 0 N–H and O–H groups in total. The van der Waals surface area contributed by atoms with Crippen molar-refractivity contribution in [3.63, 3.8) is 0 Å². The lowest BCUT2D eigenvalue weighted by Gasteiger charge is -2.16. The van der Waals surface area contributed by atoms with Crippen LogP contribution in [0.25, 0.3) is 106 Å². The van der Waals surface area contributed by atoms with Crippen molar-refractivity contribution in [1.82, 2.24) is 0 Å². The van der Waals surface area contributed by atoms with Crippen LogP contribution in [-0.4, -0.2) is 0 Å². The minimum atomic E-state index is 1.25. The molecule has 48 heavy (non-hydrogen) atoms. The highest BCUT2D eigenvalue weighted by Crippen LogP contribution is 2.46. The van der Waals surface area contributed by atoms with Crippen molar-refractivity contribution in [1.29, 1.82) is 0 Å². The van der Waals surface area contributed by atoms with Gasteiger partial charge in [-0.05, 0) is 126 Å². The van der Waals surface area contributed by atoms with Crippen molar-refractivity contribution in [3.8, 4) is 22.3 Å². The van der Waals surface area contributed by atoms with Crippen LogP contribution < -0.4 is 0 Å². The van der Waals surface area contributed by atoms with E-state index >= 15 is 0 Å². The van der Waals surface area contributed by atoms with Crippen molar-refractivity contribution in [2.75, 3.05) is 0 Å². The SMILES string of the molecule is c1ccc(-c2cc3cc4c(cc(-c5ccccc5)c5cc6c(cc54)sc4ccccc46)cc3c3cc4sc5ccccc5c4cc23)cc1. The van der Waals surface area contributed by atoms with Gasteiger partial charge in [-0.3, -0.25) is 0 Å². The summed E-state index contributed by atoms with van der Waals surface area (Å²) < 4.78 is 5.35. The number of thiophene rings is 2. The predicted molar refractivity (Wildman–Crippen MR) is 213 cm³/mol. The average molecular weight is 643 g/mol. The standard InChI is InChI=1S/C46H26S2/c1-3-11-27(12-4-1)33-19-29-21-36-30(22-35(29)39-25-45-41(23-37(33)39)31-15-7-9-17-43(31)47-45)20-34(28-13-5-2-6-14-28)38-24-42-32-16-8-10-18-44(32)48-46(42)26-40(36)38/h1-26H. The van der Waals surface area contributed by atoms with Crippen LogP contribution in [-0.2, 0) is 0 Å². The van der Waals surface area contributed by atoms with E-state index < -0.39 is 0 Å². The largest absolute Gasteiger partial charge is 0.135 e. The summed E-state index contributed by atoms with van der Waals surface area (Å²) in [7, 11) is 0. The molecule has 0 aliphatic rings. The molecule has 0 bridgehead atoms. The summed E-state index contributed by atoms with van der Waals surface area (Å²) in [6.45, 7) is 0. The molecule has 0 fully saturated rings. The van der Waals surface area contributed by atoms with E-state index in [4.69, 9.17) is 0 Å². The molecular formula is C46H26S2. The van der Waals surface area contributed by atoms with Crippen LogP contribution in [0, 0.1) is 0 Å². The third kappa shape index (κ3) is 3.82. The van der Waals surface area contributed by atoms with E-state index in [-0.39, 0.29) is 0 Å². The van der Waals surface area contributed by atoms with Gasteiger partial charge in [0.05, 0.1) is 0 Å². The lowest BCUT2D eigenvalue weighted by molar-refractivity contribution is 1.67. The fourth-order valence-electron chi connectivity index (χ4n) is 7.95. The number of hydrogen-bond donors (Lipinski definition) is 0. The number of fused-ring (bicyclic) bond motifs is 12. The highest BCUT2D eigenvalue weighted by molar-refractivity contribution is 7.26. The topological polar surface area (TPSA) is 0 Å². The van der Waals surface area contributed by atoms with E-state index in [9.17, 15) is 0 Å². The third-order valence-electron chi connectivity index (χ3n) is 10.2. The van der Waals surface area contributed by atoms with Gasteiger partial charge in [0.15, 0.2) is 0 Å². The fraction of sp³-hybridized carbons (Fsp3) is 0. The maximum absolute atomic E-state index is 2.46. The maximum atomic E-state index is 2.46.